The molecular weight excluding hydrogens is 170 g/mol. The van der Waals surface area contributed by atoms with Crippen LogP contribution in [0.5, 0.6) is 0 Å². The highest BCUT2D eigenvalue weighted by Crippen LogP contribution is 2.15. The van der Waals surface area contributed by atoms with E-state index in [1.807, 2.05) is 6.07 Å². The molecule has 13 heavy (non-hydrogen) atoms. The Morgan fingerprint density at radius 3 is 2.85 bits per heavy atom. The maximum atomic E-state index is 11.0. The van der Waals surface area contributed by atoms with Crippen LogP contribution >= 0.6 is 0 Å². The first-order valence-electron chi connectivity index (χ1n) is 3.78. The zero-order valence-electron chi connectivity index (χ0n) is 6.69. The molecule has 0 amide bonds. The van der Waals surface area contributed by atoms with Crippen molar-refractivity contribution in [2.45, 2.75) is 6.61 Å². The minimum atomic E-state index is -0.645. The maximum Gasteiger partial charge on any atom is 0.487 e. The van der Waals surface area contributed by atoms with Crippen molar-refractivity contribution in [2.75, 3.05) is 0 Å². The second-order valence-corrected chi connectivity index (χ2v) is 2.67. The number of hydrogen-bond donors (Lipinski definition) is 0. The monoisotopic (exact) mass is 176 g/mol. The zero-order chi connectivity index (χ0) is 9.26. The van der Waals surface area contributed by atoms with Gasteiger partial charge in [-0.3, -0.25) is 0 Å². The van der Waals surface area contributed by atoms with E-state index >= 15 is 0 Å². The summed E-state index contributed by atoms with van der Waals surface area (Å²) in [7, 11) is 0. The summed E-state index contributed by atoms with van der Waals surface area (Å²) in [5.74, 6) is -0.645. The normalized spacial score (nSPS) is 14.5. The highest BCUT2D eigenvalue weighted by Gasteiger charge is 2.35. The molecule has 0 unspecified atom stereocenters. The molecule has 0 bridgehead atoms. The van der Waals surface area contributed by atoms with Gasteiger partial charge in [0.2, 0.25) is 4.85 Å². The molecule has 0 N–H and O–H groups in total. The van der Waals surface area contributed by atoms with Crippen LogP contribution in [-0.4, -0.2) is 11.7 Å². The molecule has 0 saturated carbocycles. The number of benzene rings is 1. The molecule has 0 atom stereocenters. The molecule has 1 aromatic carbocycles. The van der Waals surface area contributed by atoms with Crippen LogP contribution in [0.2, 0.25) is 0 Å². The number of carbonyl (C=O) groups excluding carboxylic acids is 1. The third-order valence-electron chi connectivity index (χ3n) is 1.92. The molecule has 1 aliphatic heterocycles. The Morgan fingerprint density at radius 2 is 2.08 bits per heavy atom. The highest BCUT2D eigenvalue weighted by molar-refractivity contribution is 6.43. The van der Waals surface area contributed by atoms with Crippen molar-refractivity contribution in [3.8, 4) is 0 Å². The Bertz CT molecular complexity index is 419. The molecular formula is C9H6NO3+. The van der Waals surface area contributed by atoms with E-state index in [4.69, 9.17) is 4.74 Å². The number of cyclic esters (lactones) is 1. The molecule has 0 spiro atoms. The molecule has 0 aliphatic carbocycles. The van der Waals surface area contributed by atoms with E-state index in [1.54, 1.807) is 18.2 Å². The number of rotatable bonds is 0. The fourth-order valence-electron chi connectivity index (χ4n) is 1.29. The van der Waals surface area contributed by atoms with Crippen molar-refractivity contribution in [2.24, 2.45) is 0 Å². The number of nitrogens with zero attached hydrogens (tertiary/aromatic N) is 1. The van der Waals surface area contributed by atoms with Crippen LogP contribution in [0, 0.1) is 4.91 Å². The van der Waals surface area contributed by atoms with Crippen molar-refractivity contribution < 1.29 is 9.53 Å². The Kier molecular flexibility index (Phi) is 1.69. The highest BCUT2D eigenvalue weighted by atomic mass is 16.5. The van der Waals surface area contributed by atoms with Crippen LogP contribution in [0.25, 0.3) is 0 Å². The van der Waals surface area contributed by atoms with E-state index in [0.717, 1.165) is 5.56 Å². The number of nitroso groups, excluding NO2 is 1. The summed E-state index contributed by atoms with van der Waals surface area (Å²) < 4.78 is 4.74. The molecule has 0 radical (unpaired) electrons. The van der Waals surface area contributed by atoms with Crippen LogP contribution in [0.15, 0.2) is 24.3 Å². The summed E-state index contributed by atoms with van der Waals surface area (Å²) in [5, 5.41) is 0. The lowest BCUT2D eigenvalue weighted by atomic mass is 10.0. The number of carbonyl (C=O) groups is 1. The molecule has 4 nitrogen and oxygen atoms in total. The van der Waals surface area contributed by atoms with Crippen LogP contribution in [0.1, 0.15) is 11.1 Å². The van der Waals surface area contributed by atoms with Gasteiger partial charge in [0.05, 0.1) is 5.56 Å². The van der Waals surface area contributed by atoms with E-state index in [9.17, 15) is 9.70 Å². The minimum absolute atomic E-state index is 0.137. The predicted octanol–water partition coefficient (Wildman–Crippen LogP) is 0.366. The third kappa shape index (κ3) is 1.13. The van der Waals surface area contributed by atoms with Gasteiger partial charge in [-0.15, -0.1) is 0 Å². The van der Waals surface area contributed by atoms with Gasteiger partial charge in [-0.25, -0.2) is 4.79 Å². The molecule has 0 aromatic heterocycles. The molecule has 1 heterocycles. The topological polar surface area (TPSA) is 57.5 Å². The largest absolute Gasteiger partial charge is 0.487 e. The van der Waals surface area contributed by atoms with Gasteiger partial charge in [0.1, 0.15) is 6.61 Å². The zero-order valence-corrected chi connectivity index (χ0v) is 6.69. The summed E-state index contributed by atoms with van der Waals surface area (Å²) in [6.07, 6.45) is 0. The third-order valence-corrected chi connectivity index (χ3v) is 1.92. The second kappa shape index (κ2) is 2.84. The van der Waals surface area contributed by atoms with Crippen molar-refractivity contribution in [1.82, 2.24) is 4.85 Å². The summed E-state index contributed by atoms with van der Waals surface area (Å²) in [5.41, 5.74) is 1.26. The number of ether oxygens (including phenoxy) is 1. The van der Waals surface area contributed by atoms with Crippen LogP contribution < -0.4 is 4.85 Å². The van der Waals surface area contributed by atoms with Crippen LogP contribution in [0.4, 0.5) is 0 Å². The average molecular weight is 176 g/mol. The van der Waals surface area contributed by atoms with Gasteiger partial charge in [0, 0.05) is 5.56 Å². The molecule has 64 valence electrons. The van der Waals surface area contributed by atoms with Gasteiger partial charge in [-0.2, -0.15) is 0 Å². The SMILES string of the molecule is O=[N+]=C1C(=O)OCc2ccccc21. The predicted molar refractivity (Wildman–Crippen MR) is 45.8 cm³/mol. The fraction of sp³-hybridized carbons (Fsp3) is 0.111. The quantitative estimate of drug-likeness (QED) is 0.423. The van der Waals surface area contributed by atoms with Gasteiger partial charge >= 0.3 is 11.7 Å². The average Bonchev–Trinajstić information content (AvgIpc) is 2.18. The lowest BCUT2D eigenvalue weighted by Gasteiger charge is -2.09. The summed E-state index contributed by atoms with van der Waals surface area (Å²) in [6.45, 7) is 0.216. The molecule has 4 heteroatoms. The van der Waals surface area contributed by atoms with Gasteiger partial charge in [-0.1, -0.05) is 18.2 Å². The lowest BCUT2D eigenvalue weighted by molar-refractivity contribution is -0.137. The first-order chi connectivity index (χ1) is 6.33. The Morgan fingerprint density at radius 1 is 1.31 bits per heavy atom. The van der Waals surface area contributed by atoms with Gasteiger partial charge < -0.3 is 4.74 Å². The number of esters is 1. The lowest BCUT2D eigenvalue weighted by Crippen LogP contribution is -2.26. The molecule has 1 aliphatic rings. The van der Waals surface area contributed by atoms with E-state index in [-0.39, 0.29) is 12.3 Å². The smallest absolute Gasteiger partial charge is 0.452 e. The van der Waals surface area contributed by atoms with Crippen molar-refractivity contribution >= 4 is 11.7 Å². The van der Waals surface area contributed by atoms with E-state index in [2.05, 4.69) is 4.85 Å². The molecule has 2 rings (SSSR count). The Labute approximate surface area is 73.8 Å². The number of hydrogen-bond acceptors (Lipinski definition) is 3. The first-order valence-corrected chi connectivity index (χ1v) is 3.78. The van der Waals surface area contributed by atoms with Crippen LogP contribution in [-0.2, 0) is 16.1 Å². The number of fused-ring (bicyclic) bond motifs is 1. The molecule has 0 fully saturated rings. The van der Waals surface area contributed by atoms with E-state index in [0.29, 0.717) is 5.56 Å². The maximum absolute atomic E-state index is 11.0. The van der Waals surface area contributed by atoms with Gasteiger partial charge in [-0.05, 0) is 6.07 Å². The molecule has 0 saturated heterocycles. The summed E-state index contributed by atoms with van der Waals surface area (Å²) in [4.78, 5) is 24.0. The van der Waals surface area contributed by atoms with Crippen molar-refractivity contribution in [3.05, 3.63) is 40.3 Å². The Hall–Kier alpha value is -1.93. The summed E-state index contributed by atoms with van der Waals surface area (Å²) >= 11 is 0. The van der Waals surface area contributed by atoms with Gasteiger partial charge in [0.25, 0.3) is 0 Å². The standard InChI is InChI=1S/C9H6NO3/c11-9-8(10-12)7-4-2-1-3-6(7)5-13-9/h1-4H,5H2/q+1. The Balaban J connectivity index is 2.65. The van der Waals surface area contributed by atoms with Crippen molar-refractivity contribution in [3.63, 3.8) is 0 Å². The second-order valence-electron chi connectivity index (χ2n) is 2.67. The minimum Gasteiger partial charge on any atom is -0.452 e. The van der Waals surface area contributed by atoms with Crippen molar-refractivity contribution in [1.29, 1.82) is 0 Å². The van der Waals surface area contributed by atoms with Crippen LogP contribution in [0.3, 0.4) is 0 Å². The van der Waals surface area contributed by atoms with Gasteiger partial charge in [0.15, 0.2) is 4.91 Å². The summed E-state index contributed by atoms with van der Waals surface area (Å²) in [6, 6.07) is 7.06. The van der Waals surface area contributed by atoms with E-state index < -0.39 is 5.97 Å². The fourth-order valence-corrected chi connectivity index (χ4v) is 1.29. The molecule has 1 aromatic rings. The van der Waals surface area contributed by atoms with E-state index in [1.165, 1.54) is 0 Å². The first kappa shape index (κ1) is 7.71.